The van der Waals surface area contributed by atoms with E-state index in [2.05, 4.69) is 58.3 Å². The monoisotopic (exact) mass is 426 g/mol. The Kier molecular flexibility index (Phi) is 7.03. The number of rotatable bonds is 8. The predicted molar refractivity (Wildman–Crippen MR) is 122 cm³/mol. The molecule has 4 nitrogen and oxygen atoms in total. The molecule has 0 radical (unpaired) electrons. The Morgan fingerprint density at radius 2 is 2.03 bits per heavy atom. The summed E-state index contributed by atoms with van der Waals surface area (Å²) in [6.45, 7) is 5.24. The minimum atomic E-state index is 0.836. The van der Waals surface area contributed by atoms with Crippen molar-refractivity contribution in [3.05, 3.63) is 46.7 Å². The zero-order valence-electron chi connectivity index (χ0n) is 17.4. The van der Waals surface area contributed by atoms with Gasteiger partial charge < -0.3 is 4.57 Å². The molecular weight excluding hydrogens is 396 g/mol. The number of thioether (sulfide) groups is 1. The van der Waals surface area contributed by atoms with Gasteiger partial charge in [0.2, 0.25) is 0 Å². The molecule has 1 aliphatic carbocycles. The van der Waals surface area contributed by atoms with Crippen LogP contribution in [0.5, 0.6) is 0 Å². The molecule has 1 aromatic carbocycles. The second-order valence-corrected chi connectivity index (χ2v) is 9.79. The second-order valence-electron chi connectivity index (χ2n) is 7.99. The number of hydrogen-bond donors (Lipinski definition) is 0. The van der Waals surface area contributed by atoms with Crippen molar-refractivity contribution in [2.75, 3.05) is 0 Å². The van der Waals surface area contributed by atoms with Gasteiger partial charge in [-0.3, -0.25) is 0 Å². The molecule has 1 aliphatic rings. The molecule has 0 saturated heterocycles. The molecule has 0 atom stereocenters. The standard InChI is InChI=1S/C23H30N4S2/c1-3-27-21(13-12-18-9-5-4-6-10-18)25-26-23(27)29-16-20-15-28-22(24-20)19-11-7-8-17(2)14-19/h7-8,11,14-15,18H,3-6,9-10,12-13,16H2,1-2H3. The minimum absolute atomic E-state index is 0.836. The van der Waals surface area contributed by atoms with Gasteiger partial charge in [-0.15, -0.1) is 21.5 Å². The van der Waals surface area contributed by atoms with Crippen molar-refractivity contribution in [2.45, 2.75) is 76.2 Å². The van der Waals surface area contributed by atoms with Crippen LogP contribution in [-0.4, -0.2) is 19.7 Å². The van der Waals surface area contributed by atoms with E-state index in [1.54, 1.807) is 23.1 Å². The van der Waals surface area contributed by atoms with Gasteiger partial charge in [0.25, 0.3) is 0 Å². The number of benzene rings is 1. The van der Waals surface area contributed by atoms with Gasteiger partial charge in [-0.1, -0.05) is 67.6 Å². The topological polar surface area (TPSA) is 43.6 Å². The minimum Gasteiger partial charge on any atom is -0.306 e. The van der Waals surface area contributed by atoms with Crippen LogP contribution in [0.4, 0.5) is 0 Å². The van der Waals surface area contributed by atoms with E-state index in [0.717, 1.165) is 46.3 Å². The van der Waals surface area contributed by atoms with Crippen molar-refractivity contribution < 1.29 is 0 Å². The molecule has 6 heteroatoms. The van der Waals surface area contributed by atoms with Crippen LogP contribution in [0.2, 0.25) is 0 Å². The first-order chi connectivity index (χ1) is 14.2. The van der Waals surface area contributed by atoms with Gasteiger partial charge in [-0.05, 0) is 32.3 Å². The Balaban J connectivity index is 1.36. The Hall–Kier alpha value is -1.66. The summed E-state index contributed by atoms with van der Waals surface area (Å²) in [5, 5.41) is 13.3. The first-order valence-electron chi connectivity index (χ1n) is 10.8. The van der Waals surface area contributed by atoms with Crippen LogP contribution in [-0.2, 0) is 18.7 Å². The van der Waals surface area contributed by atoms with E-state index >= 15 is 0 Å². The highest BCUT2D eigenvalue weighted by molar-refractivity contribution is 7.98. The van der Waals surface area contributed by atoms with Gasteiger partial charge in [0.15, 0.2) is 5.16 Å². The van der Waals surface area contributed by atoms with Crippen LogP contribution < -0.4 is 0 Å². The molecule has 0 aliphatic heterocycles. The Labute approximate surface area is 182 Å². The largest absolute Gasteiger partial charge is 0.306 e. The molecule has 0 amide bonds. The van der Waals surface area contributed by atoms with Gasteiger partial charge in [-0.2, -0.15) is 0 Å². The molecule has 2 heterocycles. The van der Waals surface area contributed by atoms with E-state index in [1.807, 2.05) is 0 Å². The summed E-state index contributed by atoms with van der Waals surface area (Å²) in [4.78, 5) is 4.84. The maximum atomic E-state index is 4.84. The summed E-state index contributed by atoms with van der Waals surface area (Å²) in [6.07, 6.45) is 9.35. The van der Waals surface area contributed by atoms with Gasteiger partial charge >= 0.3 is 0 Å². The van der Waals surface area contributed by atoms with Crippen molar-refractivity contribution in [3.8, 4) is 10.6 Å². The van der Waals surface area contributed by atoms with Crippen LogP contribution in [0.25, 0.3) is 10.6 Å². The first-order valence-corrected chi connectivity index (χ1v) is 12.7. The van der Waals surface area contributed by atoms with Gasteiger partial charge in [0.1, 0.15) is 10.8 Å². The predicted octanol–water partition coefficient (Wildman–Crippen LogP) is 6.54. The van der Waals surface area contributed by atoms with Crippen molar-refractivity contribution in [1.82, 2.24) is 19.7 Å². The lowest BCUT2D eigenvalue weighted by molar-refractivity contribution is 0.335. The van der Waals surface area contributed by atoms with E-state index in [0.29, 0.717) is 0 Å². The SMILES string of the molecule is CCn1c(CCC2CCCCC2)nnc1SCc1csc(-c2cccc(C)c2)n1. The third-order valence-corrected chi connectivity index (χ3v) is 7.72. The van der Waals surface area contributed by atoms with E-state index in [9.17, 15) is 0 Å². The van der Waals surface area contributed by atoms with Crippen LogP contribution in [0.3, 0.4) is 0 Å². The zero-order valence-corrected chi connectivity index (χ0v) is 19.1. The fourth-order valence-corrected chi connectivity index (χ4v) is 6.00. The van der Waals surface area contributed by atoms with E-state index in [-0.39, 0.29) is 0 Å². The second kappa shape index (κ2) is 9.90. The molecule has 4 rings (SSSR count). The number of thiazole rings is 1. The Bertz CT molecular complexity index is 925. The van der Waals surface area contributed by atoms with Crippen molar-refractivity contribution >= 4 is 23.1 Å². The third-order valence-electron chi connectivity index (χ3n) is 5.78. The molecular formula is C23H30N4S2. The molecule has 154 valence electrons. The quantitative estimate of drug-likeness (QED) is 0.384. The highest BCUT2D eigenvalue weighted by Gasteiger charge is 2.17. The lowest BCUT2D eigenvalue weighted by Gasteiger charge is -2.21. The summed E-state index contributed by atoms with van der Waals surface area (Å²) < 4.78 is 2.29. The zero-order chi connectivity index (χ0) is 20.1. The van der Waals surface area contributed by atoms with E-state index in [1.165, 1.54) is 49.7 Å². The molecule has 2 aromatic heterocycles. The fraction of sp³-hybridized carbons (Fsp3) is 0.522. The normalized spacial score (nSPS) is 15.1. The third kappa shape index (κ3) is 5.28. The number of aromatic nitrogens is 4. The maximum Gasteiger partial charge on any atom is 0.191 e. The van der Waals surface area contributed by atoms with E-state index < -0.39 is 0 Å². The maximum absolute atomic E-state index is 4.84. The fourth-order valence-electron chi connectivity index (χ4n) is 4.16. The van der Waals surface area contributed by atoms with Crippen molar-refractivity contribution in [1.29, 1.82) is 0 Å². The van der Waals surface area contributed by atoms with E-state index in [4.69, 9.17) is 4.98 Å². The summed E-state index contributed by atoms with van der Waals surface area (Å²) in [7, 11) is 0. The average molecular weight is 427 g/mol. The molecule has 29 heavy (non-hydrogen) atoms. The number of aryl methyl sites for hydroxylation is 2. The highest BCUT2D eigenvalue weighted by Crippen LogP contribution is 2.30. The van der Waals surface area contributed by atoms with Gasteiger partial charge in [-0.25, -0.2) is 4.98 Å². The molecule has 0 unspecified atom stereocenters. The molecule has 1 saturated carbocycles. The van der Waals surface area contributed by atoms with Crippen LogP contribution in [0.1, 0.15) is 62.5 Å². The van der Waals surface area contributed by atoms with Crippen LogP contribution >= 0.6 is 23.1 Å². The molecule has 0 N–H and O–H groups in total. The van der Waals surface area contributed by atoms with Crippen LogP contribution in [0.15, 0.2) is 34.8 Å². The Morgan fingerprint density at radius 3 is 2.83 bits per heavy atom. The average Bonchev–Trinajstić information content (AvgIpc) is 3.38. The van der Waals surface area contributed by atoms with Gasteiger partial charge in [0.05, 0.1) is 5.69 Å². The lowest BCUT2D eigenvalue weighted by atomic mass is 9.86. The number of nitrogens with zero attached hydrogens (tertiary/aromatic N) is 4. The highest BCUT2D eigenvalue weighted by atomic mass is 32.2. The van der Waals surface area contributed by atoms with Crippen molar-refractivity contribution in [2.24, 2.45) is 5.92 Å². The first kappa shape index (κ1) is 20.6. The number of hydrogen-bond acceptors (Lipinski definition) is 5. The Morgan fingerprint density at radius 1 is 1.17 bits per heavy atom. The smallest absolute Gasteiger partial charge is 0.191 e. The summed E-state index contributed by atoms with van der Waals surface area (Å²) in [5.74, 6) is 2.87. The molecule has 3 aromatic rings. The summed E-state index contributed by atoms with van der Waals surface area (Å²) in [6, 6.07) is 8.55. The molecule has 0 spiro atoms. The van der Waals surface area contributed by atoms with Crippen LogP contribution in [0, 0.1) is 12.8 Å². The summed E-state index contributed by atoms with van der Waals surface area (Å²) >= 11 is 3.47. The summed E-state index contributed by atoms with van der Waals surface area (Å²) in [5.41, 5.74) is 3.59. The van der Waals surface area contributed by atoms with Crippen molar-refractivity contribution in [3.63, 3.8) is 0 Å². The lowest BCUT2D eigenvalue weighted by Crippen LogP contribution is -2.10. The molecule has 1 fully saturated rings. The molecule has 0 bridgehead atoms. The van der Waals surface area contributed by atoms with Gasteiger partial charge in [0, 0.05) is 29.7 Å².